The Hall–Kier alpha value is -4.20. The maximum Gasteiger partial charge on any atom is 0.306 e. The lowest BCUT2D eigenvalue weighted by atomic mass is 9.90. The summed E-state index contributed by atoms with van der Waals surface area (Å²) in [5.41, 5.74) is 0.365. The lowest BCUT2D eigenvalue weighted by Gasteiger charge is -2.29. The van der Waals surface area contributed by atoms with Crippen molar-refractivity contribution in [3.63, 3.8) is 0 Å². The molecule has 1 aromatic heterocycles. The summed E-state index contributed by atoms with van der Waals surface area (Å²) < 4.78 is 51.7. The number of hydrogen-bond donors (Lipinski definition) is 1. The van der Waals surface area contributed by atoms with Gasteiger partial charge in [-0.15, -0.1) is 0 Å². The van der Waals surface area contributed by atoms with Crippen LogP contribution in [0, 0.1) is 17.3 Å². The average Bonchev–Trinajstić information content (AvgIpc) is 4.09. The first kappa shape index (κ1) is 39.1. The van der Waals surface area contributed by atoms with E-state index in [9.17, 15) is 27.6 Å². The number of benzene rings is 1. The van der Waals surface area contributed by atoms with E-state index in [-0.39, 0.29) is 50.0 Å². The van der Waals surface area contributed by atoms with E-state index in [4.69, 9.17) is 18.9 Å². The predicted molar refractivity (Wildman–Crippen MR) is 203 cm³/mol. The van der Waals surface area contributed by atoms with Crippen molar-refractivity contribution in [3.05, 3.63) is 35.9 Å². The third-order valence-corrected chi connectivity index (χ3v) is 13.8. The highest BCUT2D eigenvalue weighted by atomic mass is 32.2. The van der Waals surface area contributed by atoms with E-state index < -0.39 is 50.6 Å². The number of fused-ring (bicyclic) bond motifs is 4. The van der Waals surface area contributed by atoms with Gasteiger partial charge in [-0.2, -0.15) is 0 Å². The molecule has 2 amide bonds. The zero-order valence-electron chi connectivity index (χ0n) is 31.9. The Kier molecular flexibility index (Phi) is 11.7. The van der Waals surface area contributed by atoms with Gasteiger partial charge in [-0.05, 0) is 75.3 Å². The molecule has 3 fully saturated rings. The molecule has 1 aromatic carbocycles. The number of sulfonamides is 1. The Morgan fingerprint density at radius 3 is 2.56 bits per heavy atom. The number of nitrogens with zero attached hydrogens (tertiary/aromatic N) is 2. The molecule has 4 heterocycles. The molecule has 5 aliphatic rings. The van der Waals surface area contributed by atoms with Gasteiger partial charge in [-0.1, -0.05) is 37.8 Å². The number of rotatable bonds is 5. The minimum Gasteiger partial charge on any atom is -0.496 e. The quantitative estimate of drug-likeness (QED) is 0.307. The number of carbonyl (C=O) groups excluding carboxylic acids is 4. The SMILES string of the molecule is COc1cc2c3cc(c(OC)cc3n1)CCCCCCOC(=O)C[C@H]1CCCCC/C=C\[C@@H]3C[C@@]3(C(=O)NS(=O)(=O)C3CC3)CC(=O)[C@@H]3C[C@H](CN3C1=O)O2. The molecule has 3 aliphatic heterocycles. The van der Waals surface area contributed by atoms with Gasteiger partial charge in [0.2, 0.25) is 27.7 Å². The molecule has 5 bridgehead atoms. The van der Waals surface area contributed by atoms with Crippen molar-refractivity contribution in [2.45, 2.75) is 120 Å². The lowest BCUT2D eigenvalue weighted by molar-refractivity contribution is -0.150. The van der Waals surface area contributed by atoms with Crippen LogP contribution in [0.5, 0.6) is 17.4 Å². The summed E-state index contributed by atoms with van der Waals surface area (Å²) in [6, 6.07) is 4.64. The number of nitrogens with one attached hydrogen (secondary N) is 1. The van der Waals surface area contributed by atoms with Crippen LogP contribution in [0.25, 0.3) is 10.9 Å². The number of pyridine rings is 1. The maximum absolute atomic E-state index is 14.6. The van der Waals surface area contributed by atoms with E-state index in [2.05, 4.69) is 9.71 Å². The van der Waals surface area contributed by atoms with Crippen LogP contribution in [0.1, 0.15) is 102 Å². The van der Waals surface area contributed by atoms with Crippen LogP contribution in [0.3, 0.4) is 0 Å². The fourth-order valence-corrected chi connectivity index (χ4v) is 9.93. The van der Waals surface area contributed by atoms with Crippen molar-refractivity contribution in [2.24, 2.45) is 17.3 Å². The monoisotopic (exact) mass is 779 g/mol. The van der Waals surface area contributed by atoms with Crippen molar-refractivity contribution in [2.75, 3.05) is 27.4 Å². The Labute approximate surface area is 322 Å². The first-order valence-corrected chi connectivity index (χ1v) is 21.5. The van der Waals surface area contributed by atoms with E-state index in [0.29, 0.717) is 61.4 Å². The molecule has 1 saturated heterocycles. The predicted octanol–water partition coefficient (Wildman–Crippen LogP) is 5.36. The molecule has 2 aliphatic carbocycles. The molecule has 5 atom stereocenters. The molecule has 0 spiro atoms. The van der Waals surface area contributed by atoms with Gasteiger partial charge in [0.25, 0.3) is 0 Å². The van der Waals surface area contributed by atoms with Crippen LogP contribution in [-0.2, 0) is 40.4 Å². The second kappa shape index (κ2) is 16.5. The van der Waals surface area contributed by atoms with Gasteiger partial charge in [0, 0.05) is 36.3 Å². The number of aromatic nitrogens is 1. The Morgan fingerprint density at radius 2 is 1.78 bits per heavy atom. The number of aryl methyl sites for hydroxylation is 1. The Morgan fingerprint density at radius 1 is 0.982 bits per heavy atom. The third-order valence-electron chi connectivity index (χ3n) is 12.0. The molecular weight excluding hydrogens is 727 g/mol. The zero-order chi connectivity index (χ0) is 38.7. The molecule has 0 unspecified atom stereocenters. The third kappa shape index (κ3) is 8.79. The van der Waals surface area contributed by atoms with Crippen molar-refractivity contribution in [3.8, 4) is 17.4 Å². The molecule has 55 heavy (non-hydrogen) atoms. The van der Waals surface area contributed by atoms with E-state index in [1.54, 1.807) is 13.2 Å². The zero-order valence-corrected chi connectivity index (χ0v) is 32.7. The topological polar surface area (TPSA) is 167 Å². The summed E-state index contributed by atoms with van der Waals surface area (Å²) >= 11 is 0. The van der Waals surface area contributed by atoms with Crippen LogP contribution in [-0.4, -0.2) is 86.6 Å². The highest BCUT2D eigenvalue weighted by molar-refractivity contribution is 7.90. The van der Waals surface area contributed by atoms with Gasteiger partial charge in [0.05, 0.1) is 56.0 Å². The first-order chi connectivity index (χ1) is 26.5. The van der Waals surface area contributed by atoms with Crippen LogP contribution in [0.4, 0.5) is 0 Å². The summed E-state index contributed by atoms with van der Waals surface area (Å²) in [7, 11) is -0.699. The Bertz CT molecular complexity index is 1940. The molecule has 1 N–H and O–H groups in total. The van der Waals surface area contributed by atoms with Gasteiger partial charge in [0.1, 0.15) is 17.6 Å². The normalized spacial score (nSPS) is 29.1. The largest absolute Gasteiger partial charge is 0.496 e. The van der Waals surface area contributed by atoms with Crippen LogP contribution in [0.15, 0.2) is 30.4 Å². The van der Waals surface area contributed by atoms with Crippen molar-refractivity contribution in [1.82, 2.24) is 14.6 Å². The van der Waals surface area contributed by atoms with E-state index in [1.807, 2.05) is 24.3 Å². The summed E-state index contributed by atoms with van der Waals surface area (Å²) in [4.78, 5) is 62.4. The maximum atomic E-state index is 14.6. The van der Waals surface area contributed by atoms with Gasteiger partial charge < -0.3 is 23.8 Å². The fourth-order valence-electron chi connectivity index (χ4n) is 8.55. The number of allylic oxidation sites excluding steroid dienone is 2. The highest BCUT2D eigenvalue weighted by Gasteiger charge is 2.61. The van der Waals surface area contributed by atoms with Crippen LogP contribution < -0.4 is 18.9 Å². The standard InChI is InChI=1S/C41H53N3O10S/c1-51-35-21-32-31-18-26(35)12-8-6-7-11-17-53-38(46)19-27-13-9-4-3-5-10-14-28-23-41(28,40(48)43-55(49,50)30-15-16-30)24-34(45)33-20-29(25-44(33)39(27)47)54-36(31)22-37(42-32)52-2/h10,14,18,21-22,27-30,33H,3-9,11-13,15-17,19-20,23-25H2,1-2H3,(H,43,48)/b14-10-/t27-,28-,29-,33+,41-/m1/s1. The van der Waals surface area contributed by atoms with Crippen molar-refractivity contribution < 1.29 is 46.5 Å². The lowest BCUT2D eigenvalue weighted by Crippen LogP contribution is -2.46. The highest BCUT2D eigenvalue weighted by Crippen LogP contribution is 2.57. The smallest absolute Gasteiger partial charge is 0.306 e. The summed E-state index contributed by atoms with van der Waals surface area (Å²) in [5, 5.41) is 0.152. The molecule has 2 saturated carbocycles. The molecule has 7 rings (SSSR count). The summed E-state index contributed by atoms with van der Waals surface area (Å²) in [6.07, 6.45) is 12.3. The number of hydrogen-bond acceptors (Lipinski definition) is 11. The summed E-state index contributed by atoms with van der Waals surface area (Å²) in [5.74, 6) is -1.24. The minimum atomic E-state index is -3.84. The number of Topliss-reactive ketones (excluding diaryl/α,β-unsaturated/α-hetero) is 1. The number of ketones is 1. The van der Waals surface area contributed by atoms with E-state index in [1.165, 1.54) is 12.0 Å². The molecule has 14 heteroatoms. The van der Waals surface area contributed by atoms with Crippen LogP contribution >= 0.6 is 0 Å². The second-order valence-electron chi connectivity index (χ2n) is 16.0. The molecule has 0 radical (unpaired) electrons. The first-order valence-electron chi connectivity index (χ1n) is 19.9. The number of cyclic esters (lactones) is 1. The van der Waals surface area contributed by atoms with E-state index in [0.717, 1.165) is 55.9 Å². The molecule has 2 aromatic rings. The van der Waals surface area contributed by atoms with Gasteiger partial charge in [-0.3, -0.25) is 23.9 Å². The number of carbonyl (C=O) groups is 4. The molecule has 13 nitrogen and oxygen atoms in total. The van der Waals surface area contributed by atoms with Crippen molar-refractivity contribution >= 4 is 44.5 Å². The average molecular weight is 780 g/mol. The Balaban J connectivity index is 1.25. The van der Waals surface area contributed by atoms with Gasteiger partial charge in [-0.25, -0.2) is 13.4 Å². The van der Waals surface area contributed by atoms with E-state index >= 15 is 0 Å². The molecule has 298 valence electrons. The number of methoxy groups -OCH3 is 2. The van der Waals surface area contributed by atoms with Crippen molar-refractivity contribution in [1.29, 1.82) is 0 Å². The molecular formula is C41H53N3O10S. The number of esters is 1. The fraction of sp³-hybridized carbons (Fsp3) is 0.634. The van der Waals surface area contributed by atoms with Crippen LogP contribution in [0.2, 0.25) is 0 Å². The number of ether oxygens (including phenoxy) is 4. The van der Waals surface area contributed by atoms with Gasteiger partial charge in [0.15, 0.2) is 5.78 Å². The number of amides is 2. The summed E-state index contributed by atoms with van der Waals surface area (Å²) in [6.45, 7) is 0.347. The minimum absolute atomic E-state index is 0.0779. The second-order valence-corrected chi connectivity index (χ2v) is 17.9. The van der Waals surface area contributed by atoms with Gasteiger partial charge >= 0.3 is 5.97 Å².